The Morgan fingerprint density at radius 3 is 2.67 bits per heavy atom. The third kappa shape index (κ3) is 2.30. The smallest absolute Gasteiger partial charge is 0.223 e. The predicted octanol–water partition coefficient (Wildman–Crippen LogP) is 2.56. The van der Waals surface area contributed by atoms with Gasteiger partial charge in [0.25, 0.3) is 0 Å². The number of carbonyl (C=O) groups is 1. The zero-order chi connectivity index (χ0) is 11.1. The van der Waals surface area contributed by atoms with Gasteiger partial charge in [-0.1, -0.05) is 20.3 Å². The lowest BCUT2D eigenvalue weighted by molar-refractivity contribution is -0.123. The van der Waals surface area contributed by atoms with Crippen LogP contribution in [0.4, 0.5) is 0 Å². The standard InChI is InChI=1S/C12H20ClNO/c1-12(2)6-9(12)11(15)14-10-5-3-4-8(10)7-13/h8-10H,3-7H2,1-2H3,(H,14,15). The second kappa shape index (κ2) is 3.97. The summed E-state index contributed by atoms with van der Waals surface area (Å²) in [7, 11) is 0. The SMILES string of the molecule is CC1(C)CC1C(=O)NC1CCCC1CCl. The Hall–Kier alpha value is -0.240. The highest BCUT2D eigenvalue weighted by Gasteiger charge is 2.51. The van der Waals surface area contributed by atoms with E-state index in [4.69, 9.17) is 11.6 Å². The number of halogens is 1. The van der Waals surface area contributed by atoms with Crippen molar-refractivity contribution in [3.63, 3.8) is 0 Å². The molecule has 0 bridgehead atoms. The Morgan fingerprint density at radius 1 is 1.47 bits per heavy atom. The van der Waals surface area contributed by atoms with Crippen molar-refractivity contribution in [1.82, 2.24) is 5.32 Å². The first-order chi connectivity index (χ1) is 7.04. The van der Waals surface area contributed by atoms with E-state index in [1.807, 2.05) is 0 Å². The lowest BCUT2D eigenvalue weighted by Gasteiger charge is -2.19. The van der Waals surface area contributed by atoms with E-state index in [9.17, 15) is 4.79 Å². The number of alkyl halides is 1. The number of amides is 1. The topological polar surface area (TPSA) is 29.1 Å². The molecular formula is C12H20ClNO. The third-order valence-corrected chi connectivity index (χ3v) is 4.41. The highest BCUT2D eigenvalue weighted by Crippen LogP contribution is 2.51. The molecule has 1 N–H and O–H groups in total. The lowest BCUT2D eigenvalue weighted by Crippen LogP contribution is -2.39. The molecule has 2 saturated carbocycles. The summed E-state index contributed by atoms with van der Waals surface area (Å²) in [5, 5.41) is 3.17. The first kappa shape index (κ1) is 11.3. The van der Waals surface area contributed by atoms with Gasteiger partial charge in [0.05, 0.1) is 0 Å². The largest absolute Gasteiger partial charge is 0.353 e. The lowest BCUT2D eigenvalue weighted by atomic mass is 10.0. The molecular weight excluding hydrogens is 210 g/mol. The summed E-state index contributed by atoms with van der Waals surface area (Å²) in [5.41, 5.74) is 0.235. The quantitative estimate of drug-likeness (QED) is 0.741. The summed E-state index contributed by atoms with van der Waals surface area (Å²) >= 11 is 5.89. The van der Waals surface area contributed by atoms with Crippen molar-refractivity contribution in [2.75, 3.05) is 5.88 Å². The Labute approximate surface area is 96.8 Å². The van der Waals surface area contributed by atoms with Crippen molar-refractivity contribution in [1.29, 1.82) is 0 Å². The fourth-order valence-electron chi connectivity index (χ4n) is 2.61. The van der Waals surface area contributed by atoms with Gasteiger partial charge in [0, 0.05) is 17.8 Å². The fraction of sp³-hybridized carbons (Fsp3) is 0.917. The second-order valence-corrected chi connectivity index (χ2v) is 6.01. The third-order valence-electron chi connectivity index (χ3n) is 4.01. The van der Waals surface area contributed by atoms with Gasteiger partial charge in [0.1, 0.15) is 0 Å². The summed E-state index contributed by atoms with van der Waals surface area (Å²) in [6, 6.07) is 0.339. The molecule has 0 aromatic rings. The number of hydrogen-bond acceptors (Lipinski definition) is 1. The Balaban J connectivity index is 1.84. The van der Waals surface area contributed by atoms with Gasteiger partial charge < -0.3 is 5.32 Å². The summed E-state index contributed by atoms with van der Waals surface area (Å²) in [6.07, 6.45) is 4.52. The van der Waals surface area contributed by atoms with E-state index in [0.29, 0.717) is 17.8 Å². The van der Waals surface area contributed by atoms with Gasteiger partial charge in [-0.25, -0.2) is 0 Å². The van der Waals surface area contributed by atoms with Crippen LogP contribution in [0.3, 0.4) is 0 Å². The molecule has 2 nitrogen and oxygen atoms in total. The van der Waals surface area contributed by atoms with Crippen LogP contribution in [0.15, 0.2) is 0 Å². The van der Waals surface area contributed by atoms with Crippen LogP contribution >= 0.6 is 11.6 Å². The van der Waals surface area contributed by atoms with Crippen molar-refractivity contribution >= 4 is 17.5 Å². The maximum Gasteiger partial charge on any atom is 0.223 e. The molecule has 2 rings (SSSR count). The summed E-state index contributed by atoms with van der Waals surface area (Å²) in [5.74, 6) is 1.67. The fourth-order valence-corrected chi connectivity index (χ4v) is 2.98. The molecule has 0 spiro atoms. The van der Waals surface area contributed by atoms with E-state index in [-0.39, 0.29) is 17.2 Å². The van der Waals surface area contributed by atoms with Gasteiger partial charge in [-0.3, -0.25) is 4.79 Å². The number of carbonyl (C=O) groups excluding carboxylic acids is 1. The van der Waals surface area contributed by atoms with Crippen LogP contribution in [0.1, 0.15) is 39.5 Å². The number of rotatable bonds is 3. The molecule has 3 heteroatoms. The van der Waals surface area contributed by atoms with Crippen molar-refractivity contribution in [3.05, 3.63) is 0 Å². The van der Waals surface area contributed by atoms with Crippen molar-refractivity contribution in [2.24, 2.45) is 17.3 Å². The van der Waals surface area contributed by atoms with Gasteiger partial charge in [0.15, 0.2) is 0 Å². The molecule has 2 aliphatic rings. The van der Waals surface area contributed by atoms with E-state index >= 15 is 0 Å². The van der Waals surface area contributed by atoms with Crippen LogP contribution in [0, 0.1) is 17.3 Å². The Kier molecular flexibility index (Phi) is 2.98. The highest BCUT2D eigenvalue weighted by atomic mass is 35.5. The van der Waals surface area contributed by atoms with Gasteiger partial charge in [-0.05, 0) is 30.6 Å². The average Bonchev–Trinajstić information content (AvgIpc) is 2.60. The molecule has 3 unspecified atom stereocenters. The summed E-state index contributed by atoms with van der Waals surface area (Å²) < 4.78 is 0. The Bertz CT molecular complexity index is 264. The minimum Gasteiger partial charge on any atom is -0.353 e. The van der Waals surface area contributed by atoms with Gasteiger partial charge in [-0.15, -0.1) is 11.6 Å². The van der Waals surface area contributed by atoms with Crippen molar-refractivity contribution in [2.45, 2.75) is 45.6 Å². The maximum absolute atomic E-state index is 11.9. The monoisotopic (exact) mass is 229 g/mol. The molecule has 3 atom stereocenters. The van der Waals surface area contributed by atoms with Crippen LogP contribution < -0.4 is 5.32 Å². The van der Waals surface area contributed by atoms with Gasteiger partial charge in [-0.2, -0.15) is 0 Å². The molecule has 2 fully saturated rings. The summed E-state index contributed by atoms with van der Waals surface area (Å²) in [4.78, 5) is 11.9. The van der Waals surface area contributed by atoms with E-state index in [1.54, 1.807) is 0 Å². The molecule has 0 heterocycles. The van der Waals surface area contributed by atoms with Crippen LogP contribution in [0.5, 0.6) is 0 Å². The zero-order valence-corrected chi connectivity index (χ0v) is 10.3. The molecule has 2 aliphatic carbocycles. The minimum atomic E-state index is 0.235. The van der Waals surface area contributed by atoms with Crippen LogP contribution in [-0.2, 0) is 4.79 Å². The summed E-state index contributed by atoms with van der Waals surface area (Å²) in [6.45, 7) is 4.32. The maximum atomic E-state index is 11.9. The normalized spacial score (nSPS) is 37.7. The number of hydrogen-bond donors (Lipinski definition) is 1. The highest BCUT2D eigenvalue weighted by molar-refractivity contribution is 6.18. The first-order valence-corrected chi connectivity index (χ1v) is 6.44. The predicted molar refractivity (Wildman–Crippen MR) is 61.9 cm³/mol. The molecule has 0 aliphatic heterocycles. The molecule has 0 radical (unpaired) electrons. The molecule has 0 aromatic carbocycles. The van der Waals surface area contributed by atoms with Crippen LogP contribution in [-0.4, -0.2) is 17.8 Å². The van der Waals surface area contributed by atoms with Crippen LogP contribution in [0.2, 0.25) is 0 Å². The van der Waals surface area contributed by atoms with Crippen molar-refractivity contribution in [3.8, 4) is 0 Å². The zero-order valence-electron chi connectivity index (χ0n) is 9.55. The van der Waals surface area contributed by atoms with E-state index in [2.05, 4.69) is 19.2 Å². The molecule has 0 aromatic heterocycles. The Morgan fingerprint density at radius 2 is 2.13 bits per heavy atom. The van der Waals surface area contributed by atoms with Gasteiger partial charge in [0.2, 0.25) is 5.91 Å². The molecule has 1 amide bonds. The average molecular weight is 230 g/mol. The van der Waals surface area contributed by atoms with Gasteiger partial charge >= 0.3 is 0 Å². The van der Waals surface area contributed by atoms with Crippen LogP contribution in [0.25, 0.3) is 0 Å². The molecule has 0 saturated heterocycles. The number of nitrogens with one attached hydrogen (secondary N) is 1. The van der Waals surface area contributed by atoms with E-state index < -0.39 is 0 Å². The first-order valence-electron chi connectivity index (χ1n) is 5.91. The van der Waals surface area contributed by atoms with E-state index in [0.717, 1.165) is 12.8 Å². The minimum absolute atomic E-state index is 0.235. The molecule has 86 valence electrons. The second-order valence-electron chi connectivity index (χ2n) is 5.71. The molecule has 15 heavy (non-hydrogen) atoms. The van der Waals surface area contributed by atoms with Crippen molar-refractivity contribution < 1.29 is 4.79 Å². The van der Waals surface area contributed by atoms with E-state index in [1.165, 1.54) is 12.8 Å².